The Bertz CT molecular complexity index is 838. The normalized spacial score (nSPS) is 18.8. The van der Waals surface area contributed by atoms with Crippen molar-refractivity contribution in [2.24, 2.45) is 10.1 Å². The second-order valence-corrected chi connectivity index (χ2v) is 7.34. The van der Waals surface area contributed by atoms with Crippen molar-refractivity contribution in [1.29, 1.82) is 0 Å². The number of hydrogen-bond donors (Lipinski definition) is 2. The number of phenolic OH excluding ortho intramolecular Hbond substituents is 2. The molecule has 2 saturated carbocycles. The van der Waals surface area contributed by atoms with E-state index in [4.69, 9.17) is 10.1 Å². The Morgan fingerprint density at radius 2 is 1.88 bits per heavy atom. The third-order valence-electron chi connectivity index (χ3n) is 4.45. The van der Waals surface area contributed by atoms with Gasteiger partial charge in [-0.1, -0.05) is 6.42 Å². The van der Waals surface area contributed by atoms with Crippen molar-refractivity contribution < 1.29 is 10.2 Å². The van der Waals surface area contributed by atoms with E-state index in [1.54, 1.807) is 23.5 Å². The van der Waals surface area contributed by atoms with E-state index in [0.717, 1.165) is 36.2 Å². The maximum absolute atomic E-state index is 10.2. The fourth-order valence-corrected chi connectivity index (χ4v) is 3.86. The van der Waals surface area contributed by atoms with Crippen molar-refractivity contribution in [3.63, 3.8) is 0 Å². The molecule has 0 atom stereocenters. The monoisotopic (exact) mass is 343 g/mol. The predicted molar refractivity (Wildman–Crippen MR) is 95.6 cm³/mol. The largest absolute Gasteiger partial charge is 0.508 e. The van der Waals surface area contributed by atoms with Crippen molar-refractivity contribution in [1.82, 2.24) is 4.68 Å². The van der Waals surface area contributed by atoms with E-state index in [-0.39, 0.29) is 11.5 Å². The minimum absolute atomic E-state index is 0.0551. The Morgan fingerprint density at radius 3 is 2.58 bits per heavy atom. The molecule has 2 N–H and O–H groups in total. The lowest BCUT2D eigenvalue weighted by Crippen LogP contribution is -2.16. The SMILES string of the molecule is Oc1ccc(-c2csc(=NC3CC3)n2N=C2CCCCC2)c(O)c1. The van der Waals surface area contributed by atoms with E-state index in [0.29, 0.717) is 11.6 Å². The molecular formula is C18H21N3O2S. The molecule has 0 saturated heterocycles. The van der Waals surface area contributed by atoms with Crippen LogP contribution in [0.15, 0.2) is 33.7 Å². The average molecular weight is 343 g/mol. The second-order valence-electron chi connectivity index (χ2n) is 6.50. The van der Waals surface area contributed by atoms with Crippen LogP contribution in [0.4, 0.5) is 0 Å². The van der Waals surface area contributed by atoms with E-state index < -0.39 is 0 Å². The minimum atomic E-state index is 0.0551. The highest BCUT2D eigenvalue weighted by atomic mass is 32.1. The van der Waals surface area contributed by atoms with Gasteiger partial charge in [-0.25, -0.2) is 4.68 Å². The minimum Gasteiger partial charge on any atom is -0.508 e. The lowest BCUT2D eigenvalue weighted by molar-refractivity contribution is 0.451. The molecule has 0 unspecified atom stereocenters. The maximum atomic E-state index is 10.2. The van der Waals surface area contributed by atoms with Crippen LogP contribution in [-0.2, 0) is 0 Å². The Balaban J connectivity index is 1.83. The smallest absolute Gasteiger partial charge is 0.206 e. The molecule has 1 heterocycles. The Kier molecular flexibility index (Phi) is 4.14. The fourth-order valence-electron chi connectivity index (χ4n) is 2.97. The quantitative estimate of drug-likeness (QED) is 0.888. The fraction of sp³-hybridized carbons (Fsp3) is 0.444. The highest BCUT2D eigenvalue weighted by Crippen LogP contribution is 2.33. The van der Waals surface area contributed by atoms with Gasteiger partial charge in [0.1, 0.15) is 11.5 Å². The van der Waals surface area contributed by atoms with Crippen LogP contribution in [0.5, 0.6) is 11.5 Å². The Labute approximate surface area is 144 Å². The van der Waals surface area contributed by atoms with Gasteiger partial charge < -0.3 is 10.2 Å². The zero-order chi connectivity index (χ0) is 16.5. The van der Waals surface area contributed by atoms with Crippen molar-refractivity contribution in [2.75, 3.05) is 0 Å². The first kappa shape index (κ1) is 15.4. The third kappa shape index (κ3) is 3.24. The molecule has 0 amide bonds. The molecule has 1 aromatic carbocycles. The first-order valence-corrected chi connectivity index (χ1v) is 9.42. The first-order chi connectivity index (χ1) is 11.7. The molecule has 24 heavy (non-hydrogen) atoms. The van der Waals surface area contributed by atoms with E-state index in [9.17, 15) is 10.2 Å². The van der Waals surface area contributed by atoms with Gasteiger partial charge in [-0.15, -0.1) is 11.3 Å². The summed E-state index contributed by atoms with van der Waals surface area (Å²) in [6.07, 6.45) is 8.02. The molecule has 2 aliphatic rings. The van der Waals surface area contributed by atoms with Crippen LogP contribution in [0, 0.1) is 0 Å². The molecule has 4 rings (SSSR count). The van der Waals surface area contributed by atoms with Crippen molar-refractivity contribution in [3.8, 4) is 22.8 Å². The van der Waals surface area contributed by atoms with Crippen LogP contribution in [0.3, 0.4) is 0 Å². The van der Waals surface area contributed by atoms with E-state index in [2.05, 4.69) is 0 Å². The summed E-state index contributed by atoms with van der Waals surface area (Å²) >= 11 is 1.56. The van der Waals surface area contributed by atoms with Gasteiger partial charge in [-0.2, -0.15) is 5.10 Å². The summed E-state index contributed by atoms with van der Waals surface area (Å²) in [7, 11) is 0. The molecule has 0 radical (unpaired) electrons. The summed E-state index contributed by atoms with van der Waals surface area (Å²) < 4.78 is 1.88. The number of aromatic hydroxyl groups is 2. The first-order valence-electron chi connectivity index (χ1n) is 8.54. The summed E-state index contributed by atoms with van der Waals surface area (Å²) in [5.41, 5.74) is 2.70. The zero-order valence-electron chi connectivity index (χ0n) is 13.5. The number of phenols is 2. The summed E-state index contributed by atoms with van der Waals surface area (Å²) in [6.45, 7) is 0. The number of hydrogen-bond acceptors (Lipinski definition) is 5. The predicted octanol–water partition coefficient (Wildman–Crippen LogP) is 3.86. The van der Waals surface area contributed by atoms with Crippen LogP contribution in [0.2, 0.25) is 0 Å². The van der Waals surface area contributed by atoms with Gasteiger partial charge in [0.05, 0.1) is 11.7 Å². The van der Waals surface area contributed by atoms with Gasteiger partial charge in [0.2, 0.25) is 4.80 Å². The average Bonchev–Trinajstić information content (AvgIpc) is 3.31. The molecule has 1 aromatic heterocycles. The molecular weight excluding hydrogens is 322 g/mol. The van der Waals surface area contributed by atoms with Crippen LogP contribution in [0.25, 0.3) is 11.3 Å². The lowest BCUT2D eigenvalue weighted by atomic mass is 9.99. The molecule has 2 aliphatic carbocycles. The van der Waals surface area contributed by atoms with E-state index in [1.165, 1.54) is 31.0 Å². The van der Waals surface area contributed by atoms with Crippen molar-refractivity contribution in [3.05, 3.63) is 28.4 Å². The standard InChI is InChI=1S/C18H21N3O2S/c22-14-8-9-15(17(23)10-14)16-11-24-18(19-12-6-7-12)21(16)20-13-4-2-1-3-5-13/h8-12,22-23H,1-7H2. The van der Waals surface area contributed by atoms with Crippen LogP contribution < -0.4 is 4.80 Å². The van der Waals surface area contributed by atoms with Crippen molar-refractivity contribution >= 4 is 17.0 Å². The molecule has 2 aromatic rings. The molecule has 0 aliphatic heterocycles. The summed E-state index contributed by atoms with van der Waals surface area (Å²) in [4.78, 5) is 5.66. The van der Waals surface area contributed by atoms with Gasteiger partial charge in [-0.05, 0) is 50.7 Å². The van der Waals surface area contributed by atoms with Crippen LogP contribution >= 0.6 is 11.3 Å². The lowest BCUT2D eigenvalue weighted by Gasteiger charge is -2.13. The summed E-state index contributed by atoms with van der Waals surface area (Å²) in [6, 6.07) is 5.10. The molecule has 0 bridgehead atoms. The number of thiazole rings is 1. The summed E-state index contributed by atoms with van der Waals surface area (Å²) in [5, 5.41) is 26.6. The van der Waals surface area contributed by atoms with Crippen LogP contribution in [0.1, 0.15) is 44.9 Å². The molecule has 5 nitrogen and oxygen atoms in total. The maximum Gasteiger partial charge on any atom is 0.206 e. The topological polar surface area (TPSA) is 70.1 Å². The molecule has 2 fully saturated rings. The highest BCUT2D eigenvalue weighted by Gasteiger charge is 2.21. The van der Waals surface area contributed by atoms with Crippen molar-refractivity contribution in [2.45, 2.75) is 51.0 Å². The number of rotatable bonds is 3. The second kappa shape index (κ2) is 6.43. The molecule has 6 heteroatoms. The van der Waals surface area contributed by atoms with E-state index in [1.807, 2.05) is 10.1 Å². The van der Waals surface area contributed by atoms with Crippen LogP contribution in [-0.4, -0.2) is 26.6 Å². The van der Waals surface area contributed by atoms with Gasteiger partial charge in [0.15, 0.2) is 0 Å². The van der Waals surface area contributed by atoms with E-state index >= 15 is 0 Å². The van der Waals surface area contributed by atoms with Gasteiger partial charge >= 0.3 is 0 Å². The third-order valence-corrected chi connectivity index (χ3v) is 5.28. The zero-order valence-corrected chi connectivity index (χ0v) is 14.3. The highest BCUT2D eigenvalue weighted by molar-refractivity contribution is 7.07. The number of aromatic nitrogens is 1. The molecule has 126 valence electrons. The Morgan fingerprint density at radius 1 is 1.08 bits per heavy atom. The van der Waals surface area contributed by atoms with Gasteiger partial charge in [0, 0.05) is 22.7 Å². The number of benzene rings is 1. The number of nitrogens with zero attached hydrogens (tertiary/aromatic N) is 3. The van der Waals surface area contributed by atoms with Gasteiger partial charge in [0.25, 0.3) is 0 Å². The van der Waals surface area contributed by atoms with Gasteiger partial charge in [-0.3, -0.25) is 4.99 Å². The summed E-state index contributed by atoms with van der Waals surface area (Å²) in [5.74, 6) is 0.114. The Hall–Kier alpha value is -2.08. The molecule has 0 spiro atoms.